The van der Waals surface area contributed by atoms with Crippen LogP contribution in [0.3, 0.4) is 0 Å². The summed E-state index contributed by atoms with van der Waals surface area (Å²) in [5, 5.41) is 0. The molecule has 1 saturated heterocycles. The predicted octanol–water partition coefficient (Wildman–Crippen LogP) is 2.55. The number of piperidine rings is 1. The van der Waals surface area contributed by atoms with Crippen LogP contribution < -0.4 is 10.6 Å². The highest BCUT2D eigenvalue weighted by Crippen LogP contribution is 2.31. The smallest absolute Gasteiger partial charge is 0.0470 e. The van der Waals surface area contributed by atoms with Gasteiger partial charge in [-0.25, -0.2) is 0 Å². The zero-order valence-electron chi connectivity index (χ0n) is 12.6. The molecular weight excluding hydrogens is 246 g/mol. The zero-order valence-corrected chi connectivity index (χ0v) is 12.6. The Balaban J connectivity index is 1.84. The molecule has 1 fully saturated rings. The second-order valence-corrected chi connectivity index (χ2v) is 6.26. The second-order valence-electron chi connectivity index (χ2n) is 6.26. The predicted molar refractivity (Wildman–Crippen MR) is 85.3 cm³/mol. The van der Waals surface area contributed by atoms with Gasteiger partial charge in [0.25, 0.3) is 0 Å². The summed E-state index contributed by atoms with van der Waals surface area (Å²) < 4.78 is 0. The molecule has 0 aliphatic carbocycles. The Bertz CT molecular complexity index is 452. The van der Waals surface area contributed by atoms with E-state index in [2.05, 4.69) is 35.0 Å². The molecule has 1 aromatic rings. The van der Waals surface area contributed by atoms with Crippen molar-refractivity contribution >= 4 is 5.69 Å². The van der Waals surface area contributed by atoms with E-state index in [1.54, 1.807) is 0 Å². The highest BCUT2D eigenvalue weighted by molar-refractivity contribution is 5.56. The first kappa shape index (κ1) is 13.9. The molecule has 3 heteroatoms. The van der Waals surface area contributed by atoms with Crippen molar-refractivity contribution in [3.63, 3.8) is 0 Å². The van der Waals surface area contributed by atoms with Crippen molar-refractivity contribution in [3.05, 3.63) is 29.3 Å². The number of benzene rings is 1. The summed E-state index contributed by atoms with van der Waals surface area (Å²) in [6.45, 7) is 4.32. The van der Waals surface area contributed by atoms with Crippen molar-refractivity contribution in [3.8, 4) is 0 Å². The molecule has 1 atom stereocenters. The number of hydrogen-bond donors (Lipinski definition) is 1. The number of fused-ring (bicyclic) bond motifs is 1. The van der Waals surface area contributed by atoms with Crippen LogP contribution in [0.4, 0.5) is 5.69 Å². The molecular formula is C17H27N3. The summed E-state index contributed by atoms with van der Waals surface area (Å²) in [6.07, 6.45) is 6.51. The Hall–Kier alpha value is -1.06. The van der Waals surface area contributed by atoms with E-state index in [4.69, 9.17) is 5.73 Å². The molecule has 110 valence electrons. The van der Waals surface area contributed by atoms with Crippen LogP contribution in [-0.4, -0.2) is 38.1 Å². The highest BCUT2D eigenvalue weighted by atomic mass is 15.2. The molecule has 0 saturated carbocycles. The molecule has 1 aromatic carbocycles. The molecule has 2 heterocycles. The molecule has 0 spiro atoms. The van der Waals surface area contributed by atoms with Crippen molar-refractivity contribution in [2.24, 2.45) is 5.73 Å². The zero-order chi connectivity index (χ0) is 13.9. The molecule has 2 aliphatic heterocycles. The Morgan fingerprint density at radius 1 is 1.10 bits per heavy atom. The molecule has 0 unspecified atom stereocenters. The van der Waals surface area contributed by atoms with Crippen LogP contribution in [0.15, 0.2) is 18.2 Å². The van der Waals surface area contributed by atoms with E-state index in [0.717, 1.165) is 6.54 Å². The molecule has 20 heavy (non-hydrogen) atoms. The minimum atomic E-state index is 0.410. The first-order valence-electron chi connectivity index (χ1n) is 8.07. The average molecular weight is 273 g/mol. The Labute approximate surface area is 122 Å². The van der Waals surface area contributed by atoms with Gasteiger partial charge in [0.05, 0.1) is 0 Å². The first-order chi connectivity index (χ1) is 9.79. The van der Waals surface area contributed by atoms with Gasteiger partial charge in [0.2, 0.25) is 0 Å². The quantitative estimate of drug-likeness (QED) is 0.918. The number of anilines is 1. The van der Waals surface area contributed by atoms with Crippen molar-refractivity contribution in [1.29, 1.82) is 0 Å². The second kappa shape index (κ2) is 6.15. The Morgan fingerprint density at radius 2 is 1.90 bits per heavy atom. The van der Waals surface area contributed by atoms with E-state index in [9.17, 15) is 0 Å². The molecule has 0 amide bonds. The number of likely N-dealkylation sites (tertiary alicyclic amines) is 1. The Morgan fingerprint density at radius 3 is 2.65 bits per heavy atom. The maximum absolute atomic E-state index is 6.09. The molecule has 0 bridgehead atoms. The number of aryl methyl sites for hydroxylation is 1. The van der Waals surface area contributed by atoms with Crippen LogP contribution in [-0.2, 0) is 6.42 Å². The van der Waals surface area contributed by atoms with Crippen molar-refractivity contribution in [2.45, 2.75) is 38.1 Å². The van der Waals surface area contributed by atoms with Gasteiger partial charge in [-0.15, -0.1) is 0 Å². The number of nitrogens with two attached hydrogens (primary N) is 1. The summed E-state index contributed by atoms with van der Waals surface area (Å²) in [6, 6.07) is 7.42. The molecule has 0 radical (unpaired) electrons. The molecule has 0 aromatic heterocycles. The first-order valence-corrected chi connectivity index (χ1v) is 8.07. The van der Waals surface area contributed by atoms with Gasteiger partial charge in [-0.2, -0.15) is 0 Å². The minimum Gasteiger partial charge on any atom is -0.374 e. The monoisotopic (exact) mass is 273 g/mol. The van der Waals surface area contributed by atoms with Gasteiger partial charge in [0, 0.05) is 31.9 Å². The summed E-state index contributed by atoms with van der Waals surface area (Å²) in [7, 11) is 2.20. The van der Waals surface area contributed by atoms with Gasteiger partial charge < -0.3 is 10.6 Å². The Kier molecular flexibility index (Phi) is 4.27. The summed E-state index contributed by atoms with van der Waals surface area (Å²) in [4.78, 5) is 4.96. The van der Waals surface area contributed by atoms with Gasteiger partial charge in [0.1, 0.15) is 0 Å². The topological polar surface area (TPSA) is 32.5 Å². The normalized spacial score (nSPS) is 21.6. The minimum absolute atomic E-state index is 0.410. The van der Waals surface area contributed by atoms with E-state index >= 15 is 0 Å². The van der Waals surface area contributed by atoms with Gasteiger partial charge in [-0.3, -0.25) is 4.90 Å². The van der Waals surface area contributed by atoms with E-state index in [1.165, 1.54) is 68.6 Å². The third-order valence-electron chi connectivity index (χ3n) is 4.89. The number of hydrogen-bond acceptors (Lipinski definition) is 3. The van der Waals surface area contributed by atoms with Crippen LogP contribution in [0.1, 0.15) is 42.9 Å². The lowest BCUT2D eigenvalue weighted by molar-refractivity contribution is 0.167. The summed E-state index contributed by atoms with van der Waals surface area (Å²) >= 11 is 0. The SMILES string of the molecule is CN1CCCc2cc([C@@H](CN)N3CCCCC3)ccc21. The lowest BCUT2D eigenvalue weighted by atomic mass is 9.95. The summed E-state index contributed by atoms with van der Waals surface area (Å²) in [5.74, 6) is 0. The van der Waals surface area contributed by atoms with Crippen molar-refractivity contribution in [2.75, 3.05) is 38.1 Å². The van der Waals surface area contributed by atoms with Crippen LogP contribution >= 0.6 is 0 Å². The van der Waals surface area contributed by atoms with E-state index in [-0.39, 0.29) is 0 Å². The lowest BCUT2D eigenvalue weighted by Gasteiger charge is -2.35. The average Bonchev–Trinajstić information content (AvgIpc) is 2.49. The van der Waals surface area contributed by atoms with Crippen LogP contribution in [0, 0.1) is 0 Å². The van der Waals surface area contributed by atoms with E-state index in [1.807, 2.05) is 0 Å². The van der Waals surface area contributed by atoms with Gasteiger partial charge >= 0.3 is 0 Å². The highest BCUT2D eigenvalue weighted by Gasteiger charge is 2.22. The van der Waals surface area contributed by atoms with E-state index in [0.29, 0.717) is 6.04 Å². The molecule has 3 nitrogen and oxygen atoms in total. The maximum Gasteiger partial charge on any atom is 0.0470 e. The fourth-order valence-corrected chi connectivity index (χ4v) is 3.74. The largest absolute Gasteiger partial charge is 0.374 e. The molecule has 3 rings (SSSR count). The maximum atomic E-state index is 6.09. The third-order valence-corrected chi connectivity index (χ3v) is 4.89. The fourth-order valence-electron chi connectivity index (χ4n) is 3.74. The fraction of sp³-hybridized carbons (Fsp3) is 0.647. The lowest BCUT2D eigenvalue weighted by Crippen LogP contribution is -2.37. The van der Waals surface area contributed by atoms with Gasteiger partial charge in [-0.05, 0) is 56.0 Å². The van der Waals surface area contributed by atoms with Crippen LogP contribution in [0.5, 0.6) is 0 Å². The standard InChI is InChI=1S/C17H27N3/c1-19-9-5-6-14-12-15(7-8-16(14)19)17(13-18)20-10-3-2-4-11-20/h7-8,12,17H,2-6,9-11,13,18H2,1H3/t17-/m1/s1. The number of rotatable bonds is 3. The van der Waals surface area contributed by atoms with E-state index < -0.39 is 0 Å². The van der Waals surface area contributed by atoms with Crippen LogP contribution in [0.25, 0.3) is 0 Å². The number of nitrogens with zero attached hydrogens (tertiary/aromatic N) is 2. The molecule has 2 aliphatic rings. The van der Waals surface area contributed by atoms with Crippen molar-refractivity contribution < 1.29 is 0 Å². The summed E-state index contributed by atoms with van der Waals surface area (Å²) in [5.41, 5.74) is 10.4. The third kappa shape index (κ3) is 2.70. The molecule has 2 N–H and O–H groups in total. The van der Waals surface area contributed by atoms with Crippen molar-refractivity contribution in [1.82, 2.24) is 4.90 Å². The van der Waals surface area contributed by atoms with Gasteiger partial charge in [0.15, 0.2) is 0 Å². The van der Waals surface area contributed by atoms with Gasteiger partial charge in [-0.1, -0.05) is 18.6 Å². The van der Waals surface area contributed by atoms with Crippen LogP contribution in [0.2, 0.25) is 0 Å².